The first-order valence-corrected chi connectivity index (χ1v) is 8.78. The molecule has 1 aromatic carbocycles. The van der Waals surface area contributed by atoms with Crippen LogP contribution in [0, 0.1) is 0 Å². The van der Waals surface area contributed by atoms with Crippen LogP contribution in [0.4, 0.5) is 5.69 Å². The molecule has 4 heteroatoms. The molecule has 1 heterocycles. The predicted molar refractivity (Wildman–Crippen MR) is 92.2 cm³/mol. The first-order chi connectivity index (χ1) is 9.37. The summed E-state index contributed by atoms with van der Waals surface area (Å²) in [6, 6.07) is 7.03. The van der Waals surface area contributed by atoms with Crippen molar-refractivity contribution in [1.29, 1.82) is 0 Å². The number of benzene rings is 1. The molecule has 0 saturated carbocycles. The van der Waals surface area contributed by atoms with Gasteiger partial charge in [-0.2, -0.15) is 11.8 Å². The van der Waals surface area contributed by atoms with Crippen molar-refractivity contribution in [1.82, 2.24) is 5.32 Å². The van der Waals surface area contributed by atoms with E-state index in [1.54, 1.807) is 0 Å². The fourth-order valence-corrected chi connectivity index (χ4v) is 3.67. The van der Waals surface area contributed by atoms with Crippen molar-refractivity contribution in [3.8, 4) is 0 Å². The van der Waals surface area contributed by atoms with Crippen LogP contribution in [0.15, 0.2) is 18.2 Å². The van der Waals surface area contributed by atoms with Crippen LogP contribution < -0.4 is 10.2 Å². The molecule has 0 bridgehead atoms. The summed E-state index contributed by atoms with van der Waals surface area (Å²) < 4.78 is 0. The van der Waals surface area contributed by atoms with Crippen molar-refractivity contribution in [3.63, 3.8) is 0 Å². The van der Waals surface area contributed by atoms with E-state index in [1.807, 2.05) is 11.8 Å². The molecular formula is C16H25ClN2S. The molecule has 1 saturated heterocycles. The summed E-state index contributed by atoms with van der Waals surface area (Å²) in [5.74, 6) is 2.37. The van der Waals surface area contributed by atoms with Crippen LogP contribution in [0.3, 0.4) is 0 Å². The molecule has 1 fully saturated rings. The zero-order chi connectivity index (χ0) is 14.8. The Kier molecular flexibility index (Phi) is 5.27. The molecule has 0 radical (unpaired) electrons. The Balaban J connectivity index is 2.09. The molecule has 0 spiro atoms. The van der Waals surface area contributed by atoms with Crippen LogP contribution >= 0.6 is 23.4 Å². The number of rotatable bonds is 3. The molecule has 1 aliphatic heterocycles. The number of halogens is 1. The summed E-state index contributed by atoms with van der Waals surface area (Å²) in [5.41, 5.74) is 2.55. The van der Waals surface area contributed by atoms with Crippen molar-refractivity contribution in [3.05, 3.63) is 28.8 Å². The molecule has 2 rings (SSSR count). The fraction of sp³-hybridized carbons (Fsp3) is 0.625. The average Bonchev–Trinajstić information content (AvgIpc) is 2.37. The second kappa shape index (κ2) is 6.59. The smallest absolute Gasteiger partial charge is 0.0642 e. The van der Waals surface area contributed by atoms with Gasteiger partial charge in [-0.3, -0.25) is 0 Å². The summed E-state index contributed by atoms with van der Waals surface area (Å²) in [7, 11) is 0. The first-order valence-electron chi connectivity index (χ1n) is 7.25. The molecule has 112 valence electrons. The molecule has 1 unspecified atom stereocenters. The van der Waals surface area contributed by atoms with Crippen LogP contribution in [0.1, 0.15) is 33.3 Å². The minimum absolute atomic E-state index is 0.129. The van der Waals surface area contributed by atoms with Crippen LogP contribution in [-0.2, 0) is 6.54 Å². The summed E-state index contributed by atoms with van der Waals surface area (Å²) in [5, 5.41) is 4.37. The lowest BCUT2D eigenvalue weighted by Gasteiger charge is -2.35. The van der Waals surface area contributed by atoms with Crippen LogP contribution in [0.25, 0.3) is 0 Å². The van der Waals surface area contributed by atoms with E-state index in [0.29, 0.717) is 6.04 Å². The van der Waals surface area contributed by atoms with E-state index in [-0.39, 0.29) is 5.54 Å². The lowest BCUT2D eigenvalue weighted by molar-refractivity contribution is 0.424. The average molecular weight is 313 g/mol. The molecule has 1 N–H and O–H groups in total. The van der Waals surface area contributed by atoms with Gasteiger partial charge in [0.05, 0.1) is 10.7 Å². The van der Waals surface area contributed by atoms with E-state index in [4.69, 9.17) is 11.6 Å². The van der Waals surface area contributed by atoms with Gasteiger partial charge in [0.1, 0.15) is 0 Å². The Hall–Kier alpha value is -0.380. The Labute approximate surface area is 132 Å². The van der Waals surface area contributed by atoms with Gasteiger partial charge in [-0.05, 0) is 45.4 Å². The van der Waals surface area contributed by atoms with Crippen molar-refractivity contribution in [2.24, 2.45) is 0 Å². The lowest BCUT2D eigenvalue weighted by Crippen LogP contribution is -2.40. The van der Waals surface area contributed by atoms with Gasteiger partial charge >= 0.3 is 0 Å². The highest BCUT2D eigenvalue weighted by Crippen LogP contribution is 2.31. The fourth-order valence-electron chi connectivity index (χ4n) is 2.35. The predicted octanol–water partition coefficient (Wildman–Crippen LogP) is 4.17. The number of thioether (sulfide) groups is 1. The standard InChI is InChI=1S/C16H25ClN2S/c1-12-11-20-8-7-19(12)15-6-5-13(9-14(15)17)10-18-16(2,3)4/h5-6,9,12,18H,7-8,10-11H2,1-4H3. The van der Waals surface area contributed by atoms with Crippen molar-refractivity contribution >= 4 is 29.1 Å². The van der Waals surface area contributed by atoms with E-state index in [9.17, 15) is 0 Å². The molecule has 1 aromatic rings. The third-order valence-electron chi connectivity index (χ3n) is 3.51. The zero-order valence-electron chi connectivity index (χ0n) is 12.9. The second-order valence-corrected chi connectivity index (χ2v) is 8.06. The number of nitrogens with zero attached hydrogens (tertiary/aromatic N) is 1. The van der Waals surface area contributed by atoms with Crippen LogP contribution in [-0.4, -0.2) is 29.6 Å². The summed E-state index contributed by atoms with van der Waals surface area (Å²) in [4.78, 5) is 2.43. The van der Waals surface area contributed by atoms with E-state index >= 15 is 0 Å². The Bertz CT molecular complexity index is 456. The normalized spacial score (nSPS) is 20.2. The monoisotopic (exact) mass is 312 g/mol. The topological polar surface area (TPSA) is 15.3 Å². The lowest BCUT2D eigenvalue weighted by atomic mass is 10.1. The number of hydrogen-bond acceptors (Lipinski definition) is 3. The maximum Gasteiger partial charge on any atom is 0.0642 e. The third kappa shape index (κ3) is 4.31. The second-order valence-electron chi connectivity index (χ2n) is 6.51. The number of anilines is 1. The van der Waals surface area contributed by atoms with Gasteiger partial charge in [0.2, 0.25) is 0 Å². The highest BCUT2D eigenvalue weighted by atomic mass is 35.5. The molecular weight excluding hydrogens is 288 g/mol. The van der Waals surface area contributed by atoms with Gasteiger partial charge in [0.25, 0.3) is 0 Å². The molecule has 0 aliphatic carbocycles. The van der Waals surface area contributed by atoms with Gasteiger partial charge in [-0.1, -0.05) is 17.7 Å². The summed E-state index contributed by atoms with van der Waals surface area (Å²) >= 11 is 8.53. The minimum atomic E-state index is 0.129. The van der Waals surface area contributed by atoms with Crippen LogP contribution in [0.5, 0.6) is 0 Å². The molecule has 0 aromatic heterocycles. The van der Waals surface area contributed by atoms with E-state index in [1.165, 1.54) is 22.8 Å². The SMILES string of the molecule is CC1CSCCN1c1ccc(CNC(C)(C)C)cc1Cl. The molecule has 0 amide bonds. The highest BCUT2D eigenvalue weighted by Gasteiger charge is 2.21. The summed E-state index contributed by atoms with van der Waals surface area (Å²) in [6.07, 6.45) is 0. The first kappa shape index (κ1) is 16.0. The number of nitrogens with one attached hydrogen (secondary N) is 1. The van der Waals surface area contributed by atoms with Gasteiger partial charge in [-0.15, -0.1) is 0 Å². The third-order valence-corrected chi connectivity index (χ3v) is 5.00. The molecule has 20 heavy (non-hydrogen) atoms. The summed E-state index contributed by atoms with van der Waals surface area (Å²) in [6.45, 7) is 10.7. The van der Waals surface area contributed by atoms with Gasteiger partial charge in [-0.25, -0.2) is 0 Å². The van der Waals surface area contributed by atoms with Gasteiger partial charge in [0, 0.05) is 36.2 Å². The minimum Gasteiger partial charge on any atom is -0.366 e. The zero-order valence-corrected chi connectivity index (χ0v) is 14.4. The van der Waals surface area contributed by atoms with E-state index in [0.717, 1.165) is 18.1 Å². The largest absolute Gasteiger partial charge is 0.366 e. The van der Waals surface area contributed by atoms with Crippen molar-refractivity contribution in [2.45, 2.75) is 45.8 Å². The maximum atomic E-state index is 6.50. The number of hydrogen-bond donors (Lipinski definition) is 1. The highest BCUT2D eigenvalue weighted by molar-refractivity contribution is 7.99. The van der Waals surface area contributed by atoms with Gasteiger partial charge < -0.3 is 10.2 Å². The molecule has 1 aliphatic rings. The van der Waals surface area contributed by atoms with Crippen LogP contribution in [0.2, 0.25) is 5.02 Å². The molecule has 2 nitrogen and oxygen atoms in total. The van der Waals surface area contributed by atoms with Crippen molar-refractivity contribution in [2.75, 3.05) is 23.0 Å². The quantitative estimate of drug-likeness (QED) is 0.902. The van der Waals surface area contributed by atoms with E-state index < -0.39 is 0 Å². The Morgan fingerprint density at radius 2 is 2.15 bits per heavy atom. The maximum absolute atomic E-state index is 6.50. The van der Waals surface area contributed by atoms with Crippen molar-refractivity contribution < 1.29 is 0 Å². The molecule has 1 atom stereocenters. The Morgan fingerprint density at radius 3 is 2.75 bits per heavy atom. The van der Waals surface area contributed by atoms with E-state index in [2.05, 4.69) is 56.1 Å². The van der Waals surface area contributed by atoms with Gasteiger partial charge in [0.15, 0.2) is 0 Å². The Morgan fingerprint density at radius 1 is 1.40 bits per heavy atom.